The third kappa shape index (κ3) is 4.92. The van der Waals surface area contributed by atoms with Crippen LogP contribution in [0.25, 0.3) is 0 Å². The third-order valence-electron chi connectivity index (χ3n) is 4.08. The Morgan fingerprint density at radius 2 is 2.19 bits per heavy atom. The van der Waals surface area contributed by atoms with Crippen LogP contribution < -0.4 is 15.4 Å². The van der Waals surface area contributed by atoms with Crippen molar-refractivity contribution in [2.75, 3.05) is 25.0 Å². The number of rotatable bonds is 6. The largest absolute Gasteiger partial charge is 0.491 e. The van der Waals surface area contributed by atoms with E-state index in [1.807, 2.05) is 6.92 Å². The number of halogens is 2. The first-order valence-corrected chi connectivity index (χ1v) is 8.53. The van der Waals surface area contributed by atoms with Gasteiger partial charge < -0.3 is 15.4 Å². The molecule has 1 amide bonds. The lowest BCUT2D eigenvalue weighted by molar-refractivity contribution is 0.102. The van der Waals surface area contributed by atoms with E-state index in [1.54, 1.807) is 10.9 Å². The van der Waals surface area contributed by atoms with Crippen molar-refractivity contribution in [3.05, 3.63) is 35.9 Å². The van der Waals surface area contributed by atoms with Crippen molar-refractivity contribution in [3.8, 4) is 5.75 Å². The number of piperidine rings is 1. The third-order valence-corrected chi connectivity index (χ3v) is 4.08. The summed E-state index contributed by atoms with van der Waals surface area (Å²) in [4.78, 5) is 12.4. The molecule has 0 aliphatic carbocycles. The average molecular weight is 384 g/mol. The lowest BCUT2D eigenvalue weighted by Gasteiger charge is -2.22. The minimum atomic E-state index is -0.416. The Kier molecular flexibility index (Phi) is 7.35. The summed E-state index contributed by atoms with van der Waals surface area (Å²) in [6.45, 7) is 4.26. The molecule has 3 rings (SSSR count). The maximum absolute atomic E-state index is 13.4. The van der Waals surface area contributed by atoms with E-state index >= 15 is 0 Å². The number of nitrogens with zero attached hydrogens (tertiary/aromatic N) is 3. The van der Waals surface area contributed by atoms with Crippen molar-refractivity contribution in [1.29, 1.82) is 0 Å². The van der Waals surface area contributed by atoms with E-state index in [0.717, 1.165) is 32.4 Å². The molecule has 0 radical (unpaired) electrons. The van der Waals surface area contributed by atoms with Gasteiger partial charge in [0.05, 0.1) is 24.5 Å². The zero-order valence-electron chi connectivity index (χ0n) is 14.6. The molecule has 1 aliphatic rings. The van der Waals surface area contributed by atoms with Crippen LogP contribution in [-0.2, 0) is 0 Å². The van der Waals surface area contributed by atoms with E-state index in [0.29, 0.717) is 18.0 Å². The highest BCUT2D eigenvalue weighted by Crippen LogP contribution is 2.26. The minimum Gasteiger partial charge on any atom is -0.491 e. The van der Waals surface area contributed by atoms with Crippen molar-refractivity contribution >= 4 is 24.0 Å². The van der Waals surface area contributed by atoms with Gasteiger partial charge in [-0.3, -0.25) is 4.79 Å². The maximum Gasteiger partial charge on any atom is 0.277 e. The average Bonchev–Trinajstić information content (AvgIpc) is 3.13. The molecule has 0 atom stereocenters. The van der Waals surface area contributed by atoms with Gasteiger partial charge in [-0.1, -0.05) is 12.1 Å². The van der Waals surface area contributed by atoms with E-state index in [4.69, 9.17) is 4.74 Å². The van der Waals surface area contributed by atoms with Crippen LogP contribution in [0, 0.1) is 5.82 Å². The van der Waals surface area contributed by atoms with Crippen LogP contribution in [0.1, 0.15) is 42.7 Å². The quantitative estimate of drug-likeness (QED) is 0.801. The zero-order chi connectivity index (χ0) is 17.6. The summed E-state index contributed by atoms with van der Waals surface area (Å²) >= 11 is 0. The van der Waals surface area contributed by atoms with Gasteiger partial charge in [-0.2, -0.15) is 0 Å². The smallest absolute Gasteiger partial charge is 0.277 e. The number of benzene rings is 1. The molecule has 7 nitrogen and oxygen atoms in total. The molecule has 1 aromatic carbocycles. The summed E-state index contributed by atoms with van der Waals surface area (Å²) in [6, 6.07) is 4.27. The lowest BCUT2D eigenvalue weighted by atomic mass is 10.1. The van der Waals surface area contributed by atoms with Gasteiger partial charge in [-0.25, -0.2) is 9.07 Å². The Morgan fingerprint density at radius 1 is 1.42 bits per heavy atom. The Hall–Kier alpha value is -2.19. The van der Waals surface area contributed by atoms with Crippen LogP contribution in [0.15, 0.2) is 24.4 Å². The summed E-state index contributed by atoms with van der Waals surface area (Å²) in [6.07, 6.45) is 4.35. The van der Waals surface area contributed by atoms with E-state index in [-0.39, 0.29) is 24.1 Å². The number of nitrogens with one attached hydrogen (secondary N) is 2. The highest BCUT2D eigenvalue weighted by Gasteiger charge is 2.19. The van der Waals surface area contributed by atoms with E-state index in [1.165, 1.54) is 18.2 Å². The molecule has 0 spiro atoms. The van der Waals surface area contributed by atoms with Crippen molar-refractivity contribution < 1.29 is 13.9 Å². The van der Waals surface area contributed by atoms with Gasteiger partial charge >= 0.3 is 0 Å². The van der Waals surface area contributed by atoms with Gasteiger partial charge in [-0.15, -0.1) is 17.5 Å². The molecular formula is C17H23ClFN5O2. The van der Waals surface area contributed by atoms with Crippen LogP contribution in [0.4, 0.5) is 10.1 Å². The Morgan fingerprint density at radius 3 is 2.92 bits per heavy atom. The normalized spacial score (nSPS) is 14.5. The second kappa shape index (κ2) is 9.49. The highest BCUT2D eigenvalue weighted by molar-refractivity contribution is 6.03. The van der Waals surface area contributed by atoms with Gasteiger partial charge in [0, 0.05) is 6.07 Å². The number of hydrogen-bond acceptors (Lipinski definition) is 5. The van der Waals surface area contributed by atoms with Gasteiger partial charge in [0.1, 0.15) is 11.6 Å². The fourth-order valence-electron chi connectivity index (χ4n) is 2.75. The molecule has 1 saturated heterocycles. The van der Waals surface area contributed by atoms with Crippen molar-refractivity contribution in [3.63, 3.8) is 0 Å². The van der Waals surface area contributed by atoms with Crippen LogP contribution >= 0.6 is 12.4 Å². The number of amides is 1. The SMILES string of the molecule is CCCOc1cc(F)ccc1NC(=O)c1cn(C2CCNCC2)nn1.Cl. The van der Waals surface area contributed by atoms with Crippen LogP contribution in [0.3, 0.4) is 0 Å². The van der Waals surface area contributed by atoms with E-state index in [2.05, 4.69) is 20.9 Å². The minimum absolute atomic E-state index is 0. The van der Waals surface area contributed by atoms with E-state index in [9.17, 15) is 9.18 Å². The number of aromatic nitrogens is 3. The second-order valence-corrected chi connectivity index (χ2v) is 6.01. The highest BCUT2D eigenvalue weighted by atomic mass is 35.5. The predicted octanol–water partition coefficient (Wildman–Crippen LogP) is 2.80. The summed E-state index contributed by atoms with van der Waals surface area (Å²) in [7, 11) is 0. The first-order valence-electron chi connectivity index (χ1n) is 8.53. The standard InChI is InChI=1S/C17H22FN5O2.ClH/c1-2-9-25-16-10-12(18)3-4-14(16)20-17(24)15-11-23(22-21-15)13-5-7-19-8-6-13;/h3-4,10-11,13,19H,2,5-9H2,1H3,(H,20,24);1H. The molecule has 1 aliphatic heterocycles. The Balaban J connectivity index is 0.00000243. The monoisotopic (exact) mass is 383 g/mol. The maximum atomic E-state index is 13.4. The number of carbonyl (C=O) groups excluding carboxylic acids is 1. The topological polar surface area (TPSA) is 81.1 Å². The zero-order valence-corrected chi connectivity index (χ0v) is 15.4. The Bertz CT molecular complexity index is 734. The van der Waals surface area contributed by atoms with Gasteiger partial charge in [0.25, 0.3) is 5.91 Å². The van der Waals surface area contributed by atoms with Gasteiger partial charge in [0.15, 0.2) is 5.69 Å². The molecule has 9 heteroatoms. The van der Waals surface area contributed by atoms with Crippen molar-refractivity contribution in [1.82, 2.24) is 20.3 Å². The molecule has 1 aromatic heterocycles. The molecule has 2 aromatic rings. The molecular weight excluding hydrogens is 361 g/mol. The predicted molar refractivity (Wildman–Crippen MR) is 98.5 cm³/mol. The van der Waals surface area contributed by atoms with Crippen LogP contribution in [0.5, 0.6) is 5.75 Å². The molecule has 0 bridgehead atoms. The molecule has 2 N–H and O–H groups in total. The molecule has 2 heterocycles. The summed E-state index contributed by atoms with van der Waals surface area (Å²) < 4.78 is 20.7. The Labute approximate surface area is 157 Å². The summed E-state index contributed by atoms with van der Waals surface area (Å²) in [5.74, 6) is -0.505. The summed E-state index contributed by atoms with van der Waals surface area (Å²) in [5, 5.41) is 14.0. The fraction of sp³-hybridized carbons (Fsp3) is 0.471. The summed E-state index contributed by atoms with van der Waals surface area (Å²) in [5.41, 5.74) is 0.639. The van der Waals surface area contributed by atoms with Gasteiger partial charge in [0.2, 0.25) is 0 Å². The number of anilines is 1. The van der Waals surface area contributed by atoms with Crippen LogP contribution in [0.2, 0.25) is 0 Å². The fourth-order valence-corrected chi connectivity index (χ4v) is 2.75. The van der Waals surface area contributed by atoms with E-state index < -0.39 is 11.7 Å². The molecule has 142 valence electrons. The first-order chi connectivity index (χ1) is 12.2. The second-order valence-electron chi connectivity index (χ2n) is 6.01. The number of carbonyl (C=O) groups is 1. The van der Waals surface area contributed by atoms with Crippen LogP contribution in [-0.4, -0.2) is 40.6 Å². The lowest BCUT2D eigenvalue weighted by Crippen LogP contribution is -2.29. The molecule has 0 saturated carbocycles. The van der Waals surface area contributed by atoms with Crippen molar-refractivity contribution in [2.45, 2.75) is 32.2 Å². The first kappa shape index (κ1) is 20.1. The van der Waals surface area contributed by atoms with Gasteiger partial charge in [-0.05, 0) is 44.5 Å². The molecule has 0 unspecified atom stereocenters. The van der Waals surface area contributed by atoms with Crippen molar-refractivity contribution in [2.24, 2.45) is 0 Å². The number of ether oxygens (including phenoxy) is 1. The molecule has 1 fully saturated rings. The number of hydrogen-bond donors (Lipinski definition) is 2. The molecule has 26 heavy (non-hydrogen) atoms.